The van der Waals surface area contributed by atoms with Crippen molar-refractivity contribution >= 4 is 66.6 Å². The van der Waals surface area contributed by atoms with Crippen LogP contribution in [0.5, 0.6) is 5.75 Å². The number of hydrogen-bond acceptors (Lipinski definition) is 7. The van der Waals surface area contributed by atoms with Crippen LogP contribution in [0.15, 0.2) is 52.3 Å². The summed E-state index contributed by atoms with van der Waals surface area (Å²) in [4.78, 5) is 11.5. The number of carbonyl (C=O) groups excluding carboxylic acids is 1. The van der Waals surface area contributed by atoms with Gasteiger partial charge in [0.05, 0.1) is 31.1 Å². The summed E-state index contributed by atoms with van der Waals surface area (Å²) in [5.74, 6) is -1.43. The van der Waals surface area contributed by atoms with Crippen molar-refractivity contribution in [2.75, 3.05) is 5.32 Å². The lowest BCUT2D eigenvalue weighted by Gasteiger charge is -2.22. The molecular weight excluding hydrogens is 481 g/mol. The van der Waals surface area contributed by atoms with E-state index in [1.54, 1.807) is 0 Å². The summed E-state index contributed by atoms with van der Waals surface area (Å²) < 4.78 is 61.0. The zero-order valence-electron chi connectivity index (χ0n) is 14.6. The number of hydrogen-bond donors (Lipinski definition) is 6. The van der Waals surface area contributed by atoms with Gasteiger partial charge in [-0.3, -0.25) is 9.35 Å². The van der Waals surface area contributed by atoms with E-state index in [0.29, 0.717) is 0 Å². The first kappa shape index (κ1) is 22.6. The average molecular weight is 494 g/mol. The number of carbonyl (C=O) groups is 1. The highest BCUT2D eigenvalue weighted by molar-refractivity contribution is 8.19. The van der Waals surface area contributed by atoms with E-state index in [4.69, 9.17) is 23.2 Å². The van der Waals surface area contributed by atoms with Crippen LogP contribution in [-0.4, -0.2) is 37.6 Å². The van der Waals surface area contributed by atoms with Crippen molar-refractivity contribution in [3.8, 4) is 5.75 Å². The van der Waals surface area contributed by atoms with Gasteiger partial charge in [0.25, 0.3) is 16.0 Å². The van der Waals surface area contributed by atoms with E-state index < -0.39 is 42.4 Å². The van der Waals surface area contributed by atoms with Gasteiger partial charge in [-0.05, 0) is 35.7 Å². The minimum absolute atomic E-state index is 0.0348. The van der Waals surface area contributed by atoms with Crippen molar-refractivity contribution < 1.29 is 36.5 Å². The Morgan fingerprint density at radius 3 is 2.17 bits per heavy atom. The lowest BCUT2D eigenvalue weighted by atomic mass is 10.1. The zero-order valence-corrected chi connectivity index (χ0v) is 17.7. The van der Waals surface area contributed by atoms with Crippen molar-refractivity contribution in [3.05, 3.63) is 58.1 Å². The van der Waals surface area contributed by atoms with Gasteiger partial charge in [0, 0.05) is 11.5 Å². The molecule has 3 aromatic carbocycles. The molecule has 9 nitrogen and oxygen atoms in total. The highest BCUT2D eigenvalue weighted by atomic mass is 35.5. The summed E-state index contributed by atoms with van der Waals surface area (Å²) in [5, 5.41) is 12.6. The normalized spacial score (nSPS) is 12.7. The van der Waals surface area contributed by atoms with Gasteiger partial charge in [0.1, 0.15) is 16.6 Å². The van der Waals surface area contributed by atoms with Crippen molar-refractivity contribution in [2.24, 2.45) is 0 Å². The van der Waals surface area contributed by atoms with Crippen molar-refractivity contribution in [3.63, 3.8) is 0 Å². The third-order valence-corrected chi connectivity index (χ3v) is 6.55. The number of phenols is 1. The molecule has 0 fully saturated rings. The Morgan fingerprint density at radius 2 is 1.57 bits per heavy atom. The zero-order chi connectivity index (χ0) is 22.4. The monoisotopic (exact) mass is 493 g/mol. The second kappa shape index (κ2) is 7.87. The van der Waals surface area contributed by atoms with Crippen LogP contribution in [0, 0.1) is 0 Å². The summed E-state index contributed by atoms with van der Waals surface area (Å²) in [6.45, 7) is 0. The Bertz CT molecular complexity index is 1290. The molecule has 0 heterocycles. The molecular formula is C17H13Cl2NO8S2. The number of nitrogens with one attached hydrogen (secondary N) is 1. The number of amides is 1. The van der Waals surface area contributed by atoms with Crippen LogP contribution < -0.4 is 5.32 Å². The highest BCUT2D eigenvalue weighted by Gasteiger charge is 2.23. The standard InChI is InChI=1S/C17H13Cl2NO8S2/c18-12-3-1-2-11(16(12)19)17(22)20-13-6-9(29(23,24)25)4-8-5-10(30(26,27)28)7-14(21)15(8)13/h1-7,21,23-25H,(H,20,22)(H,26,27,28). The fourth-order valence-corrected chi connectivity index (χ4v) is 4.20. The summed E-state index contributed by atoms with van der Waals surface area (Å²) >= 11 is 11.9. The number of anilines is 1. The van der Waals surface area contributed by atoms with E-state index >= 15 is 0 Å². The Kier molecular flexibility index (Phi) is 5.93. The molecule has 3 rings (SSSR count). The van der Waals surface area contributed by atoms with Gasteiger partial charge < -0.3 is 24.1 Å². The molecule has 0 bridgehead atoms. The quantitative estimate of drug-likeness (QED) is 0.278. The Labute approximate surface area is 181 Å². The van der Waals surface area contributed by atoms with Gasteiger partial charge in [-0.2, -0.15) is 8.42 Å². The van der Waals surface area contributed by atoms with E-state index in [1.165, 1.54) is 18.2 Å². The third kappa shape index (κ3) is 4.48. The average Bonchev–Trinajstić information content (AvgIpc) is 2.61. The molecule has 0 saturated heterocycles. The first-order chi connectivity index (χ1) is 13.8. The largest absolute Gasteiger partial charge is 0.507 e. The smallest absolute Gasteiger partial charge is 0.294 e. The number of benzene rings is 3. The maximum Gasteiger partial charge on any atom is 0.294 e. The second-order valence-corrected chi connectivity index (χ2v) is 9.78. The fourth-order valence-electron chi connectivity index (χ4n) is 2.71. The minimum atomic E-state index is -4.71. The molecule has 0 aliphatic rings. The molecule has 0 spiro atoms. The first-order valence-electron chi connectivity index (χ1n) is 7.83. The molecule has 0 saturated carbocycles. The summed E-state index contributed by atoms with van der Waals surface area (Å²) in [6.07, 6.45) is 0. The topological polar surface area (TPSA) is 164 Å². The molecule has 0 unspecified atom stereocenters. The van der Waals surface area contributed by atoms with Crippen LogP contribution in [0.3, 0.4) is 0 Å². The van der Waals surface area contributed by atoms with Crippen LogP contribution in [0.1, 0.15) is 10.4 Å². The molecule has 160 valence electrons. The molecule has 0 aliphatic carbocycles. The SMILES string of the molecule is O=C(Nc1cc(S(O)(O)O)cc2cc(S(=O)(=O)O)cc(O)c12)c1cccc(Cl)c1Cl. The molecule has 30 heavy (non-hydrogen) atoms. The highest BCUT2D eigenvalue weighted by Crippen LogP contribution is 2.48. The molecule has 0 aromatic heterocycles. The summed E-state index contributed by atoms with van der Waals surface area (Å²) in [7, 11) is -9.00. The predicted octanol–water partition coefficient (Wildman–Crippen LogP) is 4.93. The van der Waals surface area contributed by atoms with Crippen molar-refractivity contribution in [1.29, 1.82) is 0 Å². The predicted molar refractivity (Wildman–Crippen MR) is 114 cm³/mol. The van der Waals surface area contributed by atoms with E-state index in [9.17, 15) is 36.5 Å². The lowest BCUT2D eigenvalue weighted by molar-refractivity contribution is 0.102. The maximum atomic E-state index is 12.7. The van der Waals surface area contributed by atoms with E-state index in [-0.39, 0.29) is 32.1 Å². The van der Waals surface area contributed by atoms with Gasteiger partial charge in [-0.15, -0.1) is 0 Å². The van der Waals surface area contributed by atoms with E-state index in [2.05, 4.69) is 5.32 Å². The van der Waals surface area contributed by atoms with Crippen molar-refractivity contribution in [1.82, 2.24) is 0 Å². The van der Waals surface area contributed by atoms with Gasteiger partial charge >= 0.3 is 0 Å². The van der Waals surface area contributed by atoms with Gasteiger partial charge in [-0.1, -0.05) is 29.3 Å². The Balaban J connectivity index is 2.24. The lowest BCUT2D eigenvalue weighted by Crippen LogP contribution is -2.13. The number of phenolic OH excluding ortho intramolecular Hbond substituents is 1. The van der Waals surface area contributed by atoms with Crippen LogP contribution in [0.4, 0.5) is 5.69 Å². The summed E-state index contributed by atoms with van der Waals surface area (Å²) in [6, 6.07) is 7.93. The molecule has 6 N–H and O–H groups in total. The molecule has 0 radical (unpaired) electrons. The molecule has 1 amide bonds. The van der Waals surface area contributed by atoms with Crippen molar-refractivity contribution in [2.45, 2.75) is 9.79 Å². The Hall–Kier alpha value is -2.09. The molecule has 3 aromatic rings. The van der Waals surface area contributed by atoms with Crippen LogP contribution in [0.2, 0.25) is 10.0 Å². The number of fused-ring (bicyclic) bond motifs is 1. The first-order valence-corrected chi connectivity index (χ1v) is 11.5. The number of halogens is 2. The van der Waals surface area contributed by atoms with E-state index in [1.807, 2.05) is 0 Å². The molecule has 0 atom stereocenters. The molecule has 13 heteroatoms. The van der Waals surface area contributed by atoms with Gasteiger partial charge in [0.15, 0.2) is 0 Å². The molecule has 0 aliphatic heterocycles. The maximum absolute atomic E-state index is 12.7. The van der Waals surface area contributed by atoms with Crippen LogP contribution in [0.25, 0.3) is 10.8 Å². The van der Waals surface area contributed by atoms with E-state index in [0.717, 1.165) is 24.3 Å². The van der Waals surface area contributed by atoms with Crippen LogP contribution in [-0.2, 0) is 10.1 Å². The van der Waals surface area contributed by atoms with Gasteiger partial charge in [0.2, 0.25) is 0 Å². The minimum Gasteiger partial charge on any atom is -0.507 e. The number of aromatic hydroxyl groups is 1. The number of rotatable bonds is 4. The Morgan fingerprint density at radius 1 is 0.933 bits per heavy atom. The summed E-state index contributed by atoms with van der Waals surface area (Å²) in [5.41, 5.74) is -0.232. The third-order valence-electron chi connectivity index (χ3n) is 4.03. The second-order valence-electron chi connectivity index (χ2n) is 6.06. The van der Waals surface area contributed by atoms with Gasteiger partial charge in [-0.25, -0.2) is 0 Å². The fraction of sp³-hybridized carbons (Fsp3) is 0. The van der Waals surface area contributed by atoms with Crippen LogP contribution >= 0.6 is 34.1 Å².